The first-order chi connectivity index (χ1) is 22.4. The van der Waals surface area contributed by atoms with Crippen LogP contribution in [0.4, 0.5) is 0 Å². The summed E-state index contributed by atoms with van der Waals surface area (Å²) < 4.78 is 13.6. The molecule has 2 aromatic rings. The van der Waals surface area contributed by atoms with Crippen molar-refractivity contribution in [2.24, 2.45) is 11.8 Å². The van der Waals surface area contributed by atoms with E-state index in [1.807, 2.05) is 41.5 Å². The fraction of sp³-hybridized carbons (Fsp3) is 0.500. The van der Waals surface area contributed by atoms with Gasteiger partial charge in [-0.05, 0) is 0 Å². The van der Waals surface area contributed by atoms with Crippen molar-refractivity contribution in [3.05, 3.63) is 70.8 Å². The summed E-state index contributed by atoms with van der Waals surface area (Å²) in [6.45, 7) is 11.5. The summed E-state index contributed by atoms with van der Waals surface area (Å²) >= 11 is -4.76. The Morgan fingerprint density at radius 2 is 0.894 bits per heavy atom. The van der Waals surface area contributed by atoms with Gasteiger partial charge in [0.2, 0.25) is 0 Å². The van der Waals surface area contributed by atoms with Gasteiger partial charge in [-0.2, -0.15) is 0 Å². The third-order valence-corrected chi connectivity index (χ3v) is 18.2. The molecule has 252 valence electrons. The molecule has 0 aromatic heterocycles. The van der Waals surface area contributed by atoms with Gasteiger partial charge in [0.1, 0.15) is 0 Å². The normalized spacial score (nSPS) is 15.7. The third-order valence-electron chi connectivity index (χ3n) is 8.60. The van der Waals surface area contributed by atoms with Crippen LogP contribution in [-0.4, -0.2) is 76.7 Å². The Balaban J connectivity index is 1.70. The molecule has 2 unspecified atom stereocenters. The van der Waals surface area contributed by atoms with Gasteiger partial charge < -0.3 is 0 Å². The number of fused-ring (bicyclic) bond motifs is 2. The second-order valence-corrected chi connectivity index (χ2v) is 22.5. The van der Waals surface area contributed by atoms with Crippen LogP contribution in [0.1, 0.15) is 121 Å². The molecule has 0 spiro atoms. The van der Waals surface area contributed by atoms with Crippen LogP contribution < -0.4 is 0 Å². The van der Waals surface area contributed by atoms with Gasteiger partial charge in [-0.15, -0.1) is 0 Å². The Morgan fingerprint density at radius 1 is 0.596 bits per heavy atom. The SMILES string of the molecule is CCC[CH2][Sn]([CH2]CCC)([O]C(=O)C(CC(C)C)N1C(=O)c2ccccc2C1=O)[O]C(=O)C(CC(C)C)N1C(=O)c2ccccc2C1=O. The molecule has 2 heterocycles. The first-order valence-corrected chi connectivity index (χ1v) is 23.1. The van der Waals surface area contributed by atoms with Crippen molar-refractivity contribution in [3.63, 3.8) is 0 Å². The van der Waals surface area contributed by atoms with Crippen LogP contribution in [0.25, 0.3) is 0 Å². The van der Waals surface area contributed by atoms with Crippen LogP contribution in [0.3, 0.4) is 0 Å². The Bertz CT molecular complexity index is 1350. The topological polar surface area (TPSA) is 127 Å². The summed E-state index contributed by atoms with van der Waals surface area (Å²) in [7, 11) is 0. The number of rotatable bonds is 16. The van der Waals surface area contributed by atoms with E-state index in [9.17, 15) is 28.8 Å². The molecule has 0 saturated carbocycles. The van der Waals surface area contributed by atoms with E-state index in [0.29, 0.717) is 21.7 Å². The van der Waals surface area contributed by atoms with E-state index in [4.69, 9.17) is 6.15 Å². The Morgan fingerprint density at radius 3 is 1.15 bits per heavy atom. The molecule has 2 aromatic carbocycles. The molecule has 2 aliphatic heterocycles. The number of unbranched alkanes of at least 4 members (excludes halogenated alkanes) is 2. The second kappa shape index (κ2) is 15.6. The molecule has 0 N–H and O–H groups in total. The number of imide groups is 2. The Kier molecular flexibility index (Phi) is 12.0. The van der Waals surface area contributed by atoms with E-state index in [1.165, 1.54) is 0 Å². The number of carbonyl (C=O) groups excluding carboxylic acids is 6. The summed E-state index contributed by atoms with van der Waals surface area (Å²) in [6, 6.07) is 10.5. The van der Waals surface area contributed by atoms with Gasteiger partial charge in [-0.1, -0.05) is 0 Å². The third kappa shape index (κ3) is 7.79. The second-order valence-electron chi connectivity index (χ2n) is 13.3. The van der Waals surface area contributed by atoms with Gasteiger partial charge >= 0.3 is 283 Å². The van der Waals surface area contributed by atoms with Crippen molar-refractivity contribution in [2.45, 2.75) is 101 Å². The van der Waals surface area contributed by atoms with Crippen LogP contribution in [-0.2, 0) is 15.7 Å². The van der Waals surface area contributed by atoms with Gasteiger partial charge in [0.05, 0.1) is 0 Å². The zero-order chi connectivity index (χ0) is 34.5. The van der Waals surface area contributed by atoms with E-state index in [2.05, 4.69) is 0 Å². The quantitative estimate of drug-likeness (QED) is 0.140. The average Bonchev–Trinajstić information content (AvgIpc) is 3.44. The number of hydrogen-bond donors (Lipinski definition) is 0. The van der Waals surface area contributed by atoms with Crippen molar-refractivity contribution < 1.29 is 34.9 Å². The maximum absolute atomic E-state index is 14.3. The Hall–Kier alpha value is -3.54. The number of benzene rings is 2. The Labute approximate surface area is 282 Å². The molecule has 2 atom stereocenters. The molecule has 0 aliphatic carbocycles. The van der Waals surface area contributed by atoms with Crippen LogP contribution in [0.5, 0.6) is 0 Å². The number of amides is 4. The van der Waals surface area contributed by atoms with Gasteiger partial charge in [0.15, 0.2) is 0 Å². The van der Waals surface area contributed by atoms with E-state index >= 15 is 0 Å². The molecule has 47 heavy (non-hydrogen) atoms. The molecule has 4 amide bonds. The molecule has 0 fully saturated rings. The summed E-state index contributed by atoms with van der Waals surface area (Å²) in [5.74, 6) is -3.90. The summed E-state index contributed by atoms with van der Waals surface area (Å²) in [6.07, 6.45) is 3.11. The molecule has 10 nitrogen and oxygen atoms in total. The van der Waals surface area contributed by atoms with Gasteiger partial charge in [-0.3, -0.25) is 0 Å². The minimum absolute atomic E-state index is 0.0699. The van der Waals surface area contributed by atoms with Crippen molar-refractivity contribution in [3.8, 4) is 0 Å². The number of nitrogens with zero attached hydrogens (tertiary/aromatic N) is 2. The molecule has 4 rings (SSSR count). The number of hydrogen-bond acceptors (Lipinski definition) is 8. The van der Waals surface area contributed by atoms with E-state index in [0.717, 1.165) is 22.6 Å². The summed E-state index contributed by atoms with van der Waals surface area (Å²) in [5.41, 5.74) is 0.925. The number of carbonyl (C=O) groups is 6. The predicted octanol–water partition coefficient (Wildman–Crippen LogP) is 6.54. The van der Waals surface area contributed by atoms with E-state index in [1.54, 1.807) is 48.5 Å². The molecular weight excluding hydrogens is 707 g/mol. The fourth-order valence-corrected chi connectivity index (χ4v) is 16.2. The molecule has 0 radical (unpaired) electrons. The monoisotopic (exact) mass is 754 g/mol. The first kappa shape index (κ1) is 36.3. The summed E-state index contributed by atoms with van der Waals surface area (Å²) in [4.78, 5) is 84.4. The van der Waals surface area contributed by atoms with E-state index < -0.39 is 66.9 Å². The molecular formula is C36H46N2O8Sn. The maximum atomic E-state index is 14.3. The van der Waals surface area contributed by atoms with Gasteiger partial charge in [-0.25, -0.2) is 0 Å². The summed E-state index contributed by atoms with van der Waals surface area (Å²) in [5, 5.41) is 0. The van der Waals surface area contributed by atoms with Crippen LogP contribution in [0.15, 0.2) is 48.5 Å². The predicted molar refractivity (Wildman–Crippen MR) is 178 cm³/mol. The van der Waals surface area contributed by atoms with Crippen LogP contribution >= 0.6 is 0 Å². The van der Waals surface area contributed by atoms with Crippen LogP contribution in [0, 0.1) is 11.8 Å². The van der Waals surface area contributed by atoms with Crippen molar-refractivity contribution in [1.82, 2.24) is 9.80 Å². The molecule has 0 bridgehead atoms. The van der Waals surface area contributed by atoms with Crippen molar-refractivity contribution >= 4 is 54.8 Å². The standard InChI is InChI=1S/2C14H15NO4.2C4H9.Sn/c2*1-8(2)7-11(14(18)19)15-12(16)9-5-3-4-6-10(9)13(15)17;2*1-3-4-2;/h2*3-6,8,11H,7H2,1-2H3,(H,18,19);2*1,3-4H2,2H3;/q;;;;+2/p-2. The van der Waals surface area contributed by atoms with Crippen LogP contribution in [0.2, 0.25) is 8.87 Å². The van der Waals surface area contributed by atoms with Gasteiger partial charge in [0.25, 0.3) is 0 Å². The zero-order valence-electron chi connectivity index (χ0n) is 28.2. The molecule has 2 aliphatic rings. The fourth-order valence-electron chi connectivity index (χ4n) is 6.23. The first-order valence-electron chi connectivity index (χ1n) is 16.7. The molecule has 0 saturated heterocycles. The van der Waals surface area contributed by atoms with Gasteiger partial charge in [0, 0.05) is 0 Å². The zero-order valence-corrected chi connectivity index (χ0v) is 31.1. The molecule has 11 heteroatoms. The van der Waals surface area contributed by atoms with E-state index in [-0.39, 0.29) is 46.9 Å². The van der Waals surface area contributed by atoms with Crippen molar-refractivity contribution in [1.29, 1.82) is 0 Å². The minimum atomic E-state index is -4.76. The average molecular weight is 753 g/mol. The van der Waals surface area contributed by atoms with Crippen molar-refractivity contribution in [2.75, 3.05) is 0 Å².